The first kappa shape index (κ1) is 19.1. The van der Waals surface area contributed by atoms with Gasteiger partial charge in [-0.05, 0) is 36.8 Å². The Morgan fingerprint density at radius 3 is 2.97 bits per heavy atom. The van der Waals surface area contributed by atoms with E-state index in [4.69, 9.17) is 9.72 Å². The second kappa shape index (κ2) is 8.47. The largest absolute Gasteiger partial charge is 0.369 e. The lowest BCUT2D eigenvalue weighted by Crippen LogP contribution is -2.38. The molecule has 0 bridgehead atoms. The molecule has 1 fully saturated rings. The summed E-state index contributed by atoms with van der Waals surface area (Å²) >= 11 is 1.58. The minimum atomic E-state index is -0.0494. The molecule has 3 aromatic heterocycles. The molecule has 7 heteroatoms. The van der Waals surface area contributed by atoms with Crippen LogP contribution in [0.3, 0.4) is 0 Å². The van der Waals surface area contributed by atoms with Crippen LogP contribution in [-0.2, 0) is 11.3 Å². The van der Waals surface area contributed by atoms with Gasteiger partial charge in [0.2, 0.25) is 0 Å². The predicted molar refractivity (Wildman–Crippen MR) is 120 cm³/mol. The van der Waals surface area contributed by atoms with E-state index in [9.17, 15) is 0 Å². The number of nitrogens with one attached hydrogen (secondary N) is 1. The van der Waals surface area contributed by atoms with E-state index in [1.165, 1.54) is 10.9 Å². The van der Waals surface area contributed by atoms with Crippen molar-refractivity contribution in [2.75, 3.05) is 25.0 Å². The standard InChI is InChI=1S/C23H23N5OS/c1-16-15-30-23(25-16)27-22-8-4-7-20(26-22)21-14-28(11-12-29-21)13-17-9-10-24-19-6-3-2-5-18(17)19/h2-10,15,21H,11-14H2,1H3,(H,25,26,27)/t21-/m0/s1. The Labute approximate surface area is 179 Å². The van der Waals surface area contributed by atoms with Crippen molar-refractivity contribution in [2.45, 2.75) is 19.6 Å². The molecule has 0 saturated carbocycles. The summed E-state index contributed by atoms with van der Waals surface area (Å²) in [5.74, 6) is 0.794. The summed E-state index contributed by atoms with van der Waals surface area (Å²) in [7, 11) is 0. The predicted octanol–water partition coefficient (Wildman–Crippen LogP) is 4.71. The number of morpholine rings is 1. The molecule has 4 heterocycles. The number of benzene rings is 1. The quantitative estimate of drug-likeness (QED) is 0.507. The molecule has 30 heavy (non-hydrogen) atoms. The van der Waals surface area contributed by atoms with Gasteiger partial charge < -0.3 is 10.1 Å². The van der Waals surface area contributed by atoms with Crippen LogP contribution in [0, 0.1) is 6.92 Å². The van der Waals surface area contributed by atoms with Crippen LogP contribution < -0.4 is 5.32 Å². The summed E-state index contributed by atoms with van der Waals surface area (Å²) in [6.45, 7) is 5.27. The fourth-order valence-corrected chi connectivity index (χ4v) is 4.48. The van der Waals surface area contributed by atoms with Crippen molar-refractivity contribution in [2.24, 2.45) is 0 Å². The number of hydrogen-bond donors (Lipinski definition) is 1. The highest BCUT2D eigenvalue weighted by Gasteiger charge is 2.24. The van der Waals surface area contributed by atoms with E-state index >= 15 is 0 Å². The molecule has 6 nitrogen and oxygen atoms in total. The number of para-hydroxylation sites is 1. The summed E-state index contributed by atoms with van der Waals surface area (Å²) in [6.07, 6.45) is 1.85. The molecule has 5 rings (SSSR count). The molecule has 1 N–H and O–H groups in total. The summed E-state index contributed by atoms with van der Waals surface area (Å²) in [4.78, 5) is 16.2. The van der Waals surface area contributed by atoms with E-state index in [-0.39, 0.29) is 6.10 Å². The van der Waals surface area contributed by atoms with Gasteiger partial charge in [-0.3, -0.25) is 9.88 Å². The maximum Gasteiger partial charge on any atom is 0.188 e. The summed E-state index contributed by atoms with van der Waals surface area (Å²) in [5.41, 5.74) is 4.28. The Balaban J connectivity index is 1.31. The van der Waals surface area contributed by atoms with Crippen LogP contribution in [0.5, 0.6) is 0 Å². The molecular formula is C23H23N5OS. The summed E-state index contributed by atoms with van der Waals surface area (Å²) < 4.78 is 6.07. The number of anilines is 2. The van der Waals surface area contributed by atoms with E-state index in [0.29, 0.717) is 6.61 Å². The molecule has 1 atom stereocenters. The van der Waals surface area contributed by atoms with E-state index in [1.807, 2.05) is 42.8 Å². The van der Waals surface area contributed by atoms with Gasteiger partial charge in [-0.15, -0.1) is 11.3 Å². The second-order valence-electron chi connectivity index (χ2n) is 7.45. The minimum Gasteiger partial charge on any atom is -0.369 e. The Bertz CT molecular complexity index is 1160. The number of hydrogen-bond acceptors (Lipinski definition) is 7. The first-order chi connectivity index (χ1) is 14.7. The molecule has 1 saturated heterocycles. The van der Waals surface area contributed by atoms with Crippen LogP contribution in [0.15, 0.2) is 60.1 Å². The van der Waals surface area contributed by atoms with Gasteiger partial charge in [-0.25, -0.2) is 9.97 Å². The molecule has 0 spiro atoms. The molecular weight excluding hydrogens is 394 g/mol. The zero-order valence-electron chi connectivity index (χ0n) is 16.8. The molecule has 152 valence electrons. The van der Waals surface area contributed by atoms with Gasteiger partial charge in [0.05, 0.1) is 23.5 Å². The van der Waals surface area contributed by atoms with E-state index in [2.05, 4.69) is 44.5 Å². The van der Waals surface area contributed by atoms with Crippen LogP contribution in [-0.4, -0.2) is 39.5 Å². The van der Waals surface area contributed by atoms with Gasteiger partial charge in [0, 0.05) is 36.6 Å². The van der Waals surface area contributed by atoms with Crippen LogP contribution in [0.1, 0.15) is 23.1 Å². The highest BCUT2D eigenvalue weighted by molar-refractivity contribution is 7.13. The van der Waals surface area contributed by atoms with Crippen molar-refractivity contribution in [1.29, 1.82) is 0 Å². The fraction of sp³-hybridized carbons (Fsp3) is 0.261. The van der Waals surface area contributed by atoms with Gasteiger partial charge in [0.25, 0.3) is 0 Å². The minimum absolute atomic E-state index is 0.0494. The van der Waals surface area contributed by atoms with Crippen molar-refractivity contribution in [1.82, 2.24) is 19.9 Å². The number of ether oxygens (including phenoxy) is 1. The second-order valence-corrected chi connectivity index (χ2v) is 8.31. The maximum absolute atomic E-state index is 6.07. The normalized spacial score (nSPS) is 17.3. The van der Waals surface area contributed by atoms with Crippen molar-refractivity contribution in [3.05, 3.63) is 77.1 Å². The van der Waals surface area contributed by atoms with Crippen LogP contribution in [0.25, 0.3) is 10.9 Å². The topological polar surface area (TPSA) is 63.2 Å². The molecule has 1 aliphatic rings. The lowest BCUT2D eigenvalue weighted by Gasteiger charge is -2.33. The molecule has 1 aromatic carbocycles. The van der Waals surface area contributed by atoms with Gasteiger partial charge in [0.15, 0.2) is 5.13 Å². The lowest BCUT2D eigenvalue weighted by molar-refractivity contribution is -0.0348. The van der Waals surface area contributed by atoms with Gasteiger partial charge in [0.1, 0.15) is 11.9 Å². The first-order valence-corrected chi connectivity index (χ1v) is 11.0. The zero-order chi connectivity index (χ0) is 20.3. The third-order valence-electron chi connectivity index (χ3n) is 5.24. The highest BCUT2D eigenvalue weighted by Crippen LogP contribution is 2.26. The van der Waals surface area contributed by atoms with Gasteiger partial charge >= 0.3 is 0 Å². The van der Waals surface area contributed by atoms with Crippen molar-refractivity contribution >= 4 is 33.2 Å². The van der Waals surface area contributed by atoms with Gasteiger partial charge in [-0.1, -0.05) is 24.3 Å². The molecule has 0 aliphatic carbocycles. The molecule has 0 amide bonds. The molecule has 0 radical (unpaired) electrons. The summed E-state index contributed by atoms with van der Waals surface area (Å²) in [5, 5.41) is 7.39. The number of thiazole rings is 1. The molecule has 1 aliphatic heterocycles. The Morgan fingerprint density at radius 1 is 1.13 bits per heavy atom. The van der Waals surface area contributed by atoms with Crippen molar-refractivity contribution < 1.29 is 4.74 Å². The van der Waals surface area contributed by atoms with Crippen molar-refractivity contribution in [3.63, 3.8) is 0 Å². The zero-order valence-corrected chi connectivity index (χ0v) is 17.6. The lowest BCUT2D eigenvalue weighted by atomic mass is 10.1. The SMILES string of the molecule is Cc1csc(Nc2cccc([C@@H]3CN(Cc4ccnc5ccccc45)CCO3)n2)n1. The number of aromatic nitrogens is 3. The van der Waals surface area contributed by atoms with Crippen LogP contribution in [0.2, 0.25) is 0 Å². The van der Waals surface area contributed by atoms with Crippen molar-refractivity contribution in [3.8, 4) is 0 Å². The Hall–Kier alpha value is -2.87. The Morgan fingerprint density at radius 2 is 2.07 bits per heavy atom. The van der Waals surface area contributed by atoms with Crippen LogP contribution >= 0.6 is 11.3 Å². The number of nitrogens with zero attached hydrogens (tertiary/aromatic N) is 4. The molecule has 0 unspecified atom stereocenters. The van der Waals surface area contributed by atoms with E-state index in [0.717, 1.165) is 47.5 Å². The Kier molecular flexibility index (Phi) is 5.40. The monoisotopic (exact) mass is 417 g/mol. The summed E-state index contributed by atoms with van der Waals surface area (Å²) in [6, 6.07) is 16.4. The number of aryl methyl sites for hydroxylation is 1. The smallest absolute Gasteiger partial charge is 0.188 e. The average Bonchev–Trinajstić information content (AvgIpc) is 3.19. The number of fused-ring (bicyclic) bond motifs is 1. The highest BCUT2D eigenvalue weighted by atomic mass is 32.1. The third-order valence-corrected chi connectivity index (χ3v) is 6.11. The maximum atomic E-state index is 6.07. The third kappa shape index (κ3) is 4.18. The average molecular weight is 418 g/mol. The van der Waals surface area contributed by atoms with Gasteiger partial charge in [-0.2, -0.15) is 0 Å². The first-order valence-electron chi connectivity index (χ1n) is 10.1. The number of pyridine rings is 2. The molecule has 4 aromatic rings. The number of rotatable bonds is 5. The van der Waals surface area contributed by atoms with E-state index < -0.39 is 0 Å². The fourth-order valence-electron chi connectivity index (χ4n) is 3.78. The van der Waals surface area contributed by atoms with E-state index in [1.54, 1.807) is 11.3 Å². The van der Waals surface area contributed by atoms with Crippen LogP contribution in [0.4, 0.5) is 10.9 Å².